The molecule has 2 aliphatic heterocycles. The van der Waals surface area contributed by atoms with E-state index in [9.17, 15) is 14.7 Å². The predicted octanol–water partition coefficient (Wildman–Crippen LogP) is 4.32. The number of hydrogen-bond acceptors (Lipinski definition) is 5. The first-order valence-electron chi connectivity index (χ1n) is 13.3. The summed E-state index contributed by atoms with van der Waals surface area (Å²) in [5.41, 5.74) is -1.11. The van der Waals surface area contributed by atoms with Crippen molar-refractivity contribution < 1.29 is 24.2 Å². The maximum atomic E-state index is 13.3. The van der Waals surface area contributed by atoms with E-state index < -0.39 is 17.1 Å². The van der Waals surface area contributed by atoms with Crippen LogP contribution in [0.5, 0.6) is 0 Å². The van der Waals surface area contributed by atoms with Gasteiger partial charge in [0.25, 0.3) is 0 Å². The number of rotatable bonds is 2. The van der Waals surface area contributed by atoms with Gasteiger partial charge in [-0.3, -0.25) is 9.59 Å². The Balaban J connectivity index is 1.27. The number of carbonyl (C=O) groups is 2. The van der Waals surface area contributed by atoms with Crippen molar-refractivity contribution in [3.05, 3.63) is 12.2 Å². The van der Waals surface area contributed by atoms with E-state index in [-0.39, 0.29) is 41.2 Å². The molecule has 0 aromatic carbocycles. The number of fused-ring (bicyclic) bond motifs is 4. The molecule has 0 radical (unpaired) electrons. The zero-order valence-electron chi connectivity index (χ0n) is 20.8. The van der Waals surface area contributed by atoms with Crippen LogP contribution < -0.4 is 0 Å². The Morgan fingerprint density at radius 3 is 2.58 bits per heavy atom. The molecule has 5 heteroatoms. The van der Waals surface area contributed by atoms with E-state index in [1.165, 1.54) is 12.8 Å². The molecule has 0 aromatic heterocycles. The van der Waals surface area contributed by atoms with Gasteiger partial charge in [-0.1, -0.05) is 27.7 Å². The van der Waals surface area contributed by atoms with Crippen LogP contribution in [-0.2, 0) is 19.1 Å². The molecule has 3 saturated carbocycles. The summed E-state index contributed by atoms with van der Waals surface area (Å²) in [6, 6.07) is 0. The van der Waals surface area contributed by atoms with Crippen molar-refractivity contribution in [2.24, 2.45) is 52.3 Å². The highest BCUT2D eigenvalue weighted by atomic mass is 16.6. The van der Waals surface area contributed by atoms with Crippen LogP contribution in [0, 0.1) is 52.3 Å². The Labute approximate surface area is 197 Å². The second-order valence-corrected chi connectivity index (χ2v) is 12.9. The van der Waals surface area contributed by atoms with Gasteiger partial charge in [-0.2, -0.15) is 0 Å². The smallest absolute Gasteiger partial charge is 0.309 e. The number of ketones is 1. The minimum Gasteiger partial charge on any atom is -0.462 e. The Hall–Kier alpha value is -1.20. The van der Waals surface area contributed by atoms with Gasteiger partial charge >= 0.3 is 5.97 Å². The molecule has 0 bridgehead atoms. The molecule has 2 heterocycles. The second-order valence-electron chi connectivity index (χ2n) is 12.9. The van der Waals surface area contributed by atoms with Gasteiger partial charge in [0.15, 0.2) is 5.78 Å². The molecule has 4 aliphatic carbocycles. The number of esters is 1. The van der Waals surface area contributed by atoms with Crippen molar-refractivity contribution in [2.45, 2.75) is 97.1 Å². The fraction of sp³-hybridized carbons (Fsp3) is 0.857. The first-order chi connectivity index (χ1) is 15.6. The molecular formula is C28H40O5. The molecule has 13 unspecified atom stereocenters. The number of cyclic esters (lactones) is 1. The predicted molar refractivity (Wildman–Crippen MR) is 123 cm³/mol. The summed E-state index contributed by atoms with van der Waals surface area (Å²) >= 11 is 0. The fourth-order valence-electron chi connectivity index (χ4n) is 9.78. The standard InChI is InChI=1S/C28H40O5/c1-14-12-21(32-25(31)15(14)2)16(3)18-6-7-19-17-13-24-28(33-24)23(30)9-8-22(29)27(28,5)20(17)10-11-26(18,19)4/h8-9,14-21,23-24,30H,6-7,10-13H2,1-5H3. The zero-order chi connectivity index (χ0) is 23.5. The lowest BCUT2D eigenvalue weighted by atomic mass is 9.44. The summed E-state index contributed by atoms with van der Waals surface area (Å²) in [6.45, 7) is 11.1. The van der Waals surface area contributed by atoms with Crippen molar-refractivity contribution in [3.63, 3.8) is 0 Å². The third kappa shape index (κ3) is 2.62. The monoisotopic (exact) mass is 456 g/mol. The normalized spacial score (nSPS) is 57.9. The fourth-order valence-corrected chi connectivity index (χ4v) is 9.78. The summed E-state index contributed by atoms with van der Waals surface area (Å²) in [7, 11) is 0. The number of ether oxygens (including phenoxy) is 2. The van der Waals surface area contributed by atoms with Crippen LogP contribution in [0.4, 0.5) is 0 Å². The minimum absolute atomic E-state index is 0.00461. The molecule has 6 aliphatic rings. The van der Waals surface area contributed by atoms with Crippen molar-refractivity contribution in [3.8, 4) is 0 Å². The molecule has 182 valence electrons. The van der Waals surface area contributed by atoms with Crippen LogP contribution in [0.3, 0.4) is 0 Å². The lowest BCUT2D eigenvalue weighted by Gasteiger charge is -2.58. The second kappa shape index (κ2) is 6.94. The lowest BCUT2D eigenvalue weighted by molar-refractivity contribution is -0.171. The highest BCUT2D eigenvalue weighted by Crippen LogP contribution is 2.73. The molecule has 1 spiro atoms. The van der Waals surface area contributed by atoms with Crippen LogP contribution in [-0.4, -0.2) is 40.8 Å². The van der Waals surface area contributed by atoms with Crippen molar-refractivity contribution in [2.75, 3.05) is 0 Å². The number of aliphatic hydroxyl groups is 1. The van der Waals surface area contributed by atoms with Crippen LogP contribution in [0.1, 0.15) is 73.1 Å². The third-order valence-corrected chi connectivity index (χ3v) is 12.0. The molecule has 1 N–H and O–H groups in total. The highest BCUT2D eigenvalue weighted by molar-refractivity contribution is 5.98. The van der Waals surface area contributed by atoms with E-state index >= 15 is 0 Å². The average molecular weight is 457 g/mol. The third-order valence-electron chi connectivity index (χ3n) is 12.0. The summed E-state index contributed by atoms with van der Waals surface area (Å²) in [4.78, 5) is 25.8. The number of allylic oxidation sites excluding steroid dienone is 1. The van der Waals surface area contributed by atoms with Gasteiger partial charge in [0.1, 0.15) is 17.8 Å². The summed E-state index contributed by atoms with van der Waals surface area (Å²) in [5, 5.41) is 10.8. The minimum atomic E-state index is -0.692. The van der Waals surface area contributed by atoms with Gasteiger partial charge in [-0.25, -0.2) is 0 Å². The van der Waals surface area contributed by atoms with Crippen molar-refractivity contribution in [1.82, 2.24) is 0 Å². The molecule has 33 heavy (non-hydrogen) atoms. The molecule has 5 nitrogen and oxygen atoms in total. The van der Waals surface area contributed by atoms with Crippen molar-refractivity contribution in [1.29, 1.82) is 0 Å². The SMILES string of the molecule is CC1CC(C(C)C2CCC3C4CC5OC56C(O)C=CC(=O)C6(C)C4CCC23C)OC(=O)C1C. The molecular weight excluding hydrogens is 416 g/mol. The number of aliphatic hydroxyl groups excluding tert-OH is 1. The molecule has 0 aromatic rings. The Kier molecular flexibility index (Phi) is 4.68. The van der Waals surface area contributed by atoms with Gasteiger partial charge in [-0.15, -0.1) is 0 Å². The topological polar surface area (TPSA) is 76.1 Å². The first kappa shape index (κ1) is 22.3. The highest BCUT2D eigenvalue weighted by Gasteiger charge is 2.80. The maximum absolute atomic E-state index is 13.3. The van der Waals surface area contributed by atoms with E-state index in [1.54, 1.807) is 12.2 Å². The summed E-state index contributed by atoms with van der Waals surface area (Å²) in [5.74, 6) is 2.67. The Morgan fingerprint density at radius 1 is 1.09 bits per heavy atom. The number of carbonyl (C=O) groups excluding carboxylic acids is 2. The average Bonchev–Trinajstić information content (AvgIpc) is 3.41. The van der Waals surface area contributed by atoms with Gasteiger partial charge in [0.05, 0.1) is 17.4 Å². The van der Waals surface area contributed by atoms with Crippen LogP contribution in [0.15, 0.2) is 12.2 Å². The van der Waals surface area contributed by atoms with E-state index in [2.05, 4.69) is 27.7 Å². The number of hydrogen-bond donors (Lipinski definition) is 1. The van der Waals surface area contributed by atoms with Crippen LogP contribution in [0.25, 0.3) is 0 Å². The maximum Gasteiger partial charge on any atom is 0.309 e. The number of epoxide rings is 1. The van der Waals surface area contributed by atoms with E-state index in [0.29, 0.717) is 29.6 Å². The van der Waals surface area contributed by atoms with Crippen LogP contribution in [0.2, 0.25) is 0 Å². The van der Waals surface area contributed by atoms with E-state index in [0.717, 1.165) is 25.7 Å². The van der Waals surface area contributed by atoms with Gasteiger partial charge in [0, 0.05) is 0 Å². The molecule has 13 atom stereocenters. The Bertz CT molecular complexity index is 912. The van der Waals surface area contributed by atoms with Gasteiger partial charge < -0.3 is 14.6 Å². The van der Waals surface area contributed by atoms with Gasteiger partial charge in [0.2, 0.25) is 0 Å². The lowest BCUT2D eigenvalue weighted by Crippen LogP contribution is -2.63. The van der Waals surface area contributed by atoms with E-state index in [4.69, 9.17) is 9.47 Å². The Morgan fingerprint density at radius 2 is 1.85 bits per heavy atom. The van der Waals surface area contributed by atoms with Gasteiger partial charge in [-0.05, 0) is 98.5 Å². The molecule has 0 amide bonds. The van der Waals surface area contributed by atoms with Crippen molar-refractivity contribution >= 4 is 11.8 Å². The van der Waals surface area contributed by atoms with Crippen LogP contribution >= 0.6 is 0 Å². The summed E-state index contributed by atoms with van der Waals surface area (Å²) in [6.07, 6.45) is 9.00. The summed E-state index contributed by atoms with van der Waals surface area (Å²) < 4.78 is 12.2. The zero-order valence-corrected chi connectivity index (χ0v) is 20.8. The molecule has 5 fully saturated rings. The van der Waals surface area contributed by atoms with E-state index in [1.807, 2.05) is 6.92 Å². The largest absolute Gasteiger partial charge is 0.462 e. The molecule has 2 saturated heterocycles. The molecule has 6 rings (SSSR count). The first-order valence-corrected chi connectivity index (χ1v) is 13.3. The quantitative estimate of drug-likeness (QED) is 0.495.